The van der Waals surface area contributed by atoms with Crippen LogP contribution in [0, 0.1) is 18.7 Å². The van der Waals surface area contributed by atoms with Gasteiger partial charge in [0.2, 0.25) is 0 Å². The van der Waals surface area contributed by atoms with Gasteiger partial charge >= 0.3 is 11.8 Å². The zero-order valence-electron chi connectivity index (χ0n) is 12.4. The van der Waals surface area contributed by atoms with Crippen LogP contribution in [-0.4, -0.2) is 17.9 Å². The third-order valence-electron chi connectivity index (χ3n) is 4.07. The predicted molar refractivity (Wildman–Crippen MR) is 79.3 cm³/mol. The van der Waals surface area contributed by atoms with E-state index in [0.29, 0.717) is 17.2 Å². The molecular weight excluding hydrogens is 271 g/mol. The molecule has 0 saturated heterocycles. The van der Waals surface area contributed by atoms with Crippen LogP contribution in [0.4, 0.5) is 10.1 Å². The topological polar surface area (TPSA) is 58.2 Å². The first-order chi connectivity index (χ1) is 9.97. The van der Waals surface area contributed by atoms with Crippen LogP contribution in [0.1, 0.15) is 38.2 Å². The maximum atomic E-state index is 13.0. The van der Waals surface area contributed by atoms with E-state index in [4.69, 9.17) is 0 Å². The van der Waals surface area contributed by atoms with Crippen LogP contribution in [0.3, 0.4) is 0 Å². The molecule has 21 heavy (non-hydrogen) atoms. The molecule has 0 aliphatic heterocycles. The lowest BCUT2D eigenvalue weighted by molar-refractivity contribution is -0.137. The van der Waals surface area contributed by atoms with Gasteiger partial charge in [0.1, 0.15) is 5.82 Å². The Bertz CT molecular complexity index is 545. The van der Waals surface area contributed by atoms with E-state index in [-0.39, 0.29) is 11.9 Å². The van der Waals surface area contributed by atoms with Crippen LogP contribution in [0.5, 0.6) is 0 Å². The molecule has 2 rings (SSSR count). The molecule has 114 valence electrons. The quantitative estimate of drug-likeness (QED) is 0.823. The van der Waals surface area contributed by atoms with E-state index in [2.05, 4.69) is 17.6 Å². The number of rotatable bonds is 2. The molecule has 0 unspecified atom stereocenters. The summed E-state index contributed by atoms with van der Waals surface area (Å²) < 4.78 is 13.0. The maximum Gasteiger partial charge on any atom is 0.313 e. The minimum Gasteiger partial charge on any atom is -0.345 e. The van der Waals surface area contributed by atoms with Gasteiger partial charge in [-0.3, -0.25) is 9.59 Å². The van der Waals surface area contributed by atoms with Crippen molar-refractivity contribution in [3.63, 3.8) is 0 Å². The summed E-state index contributed by atoms with van der Waals surface area (Å²) in [6.07, 6.45) is 4.24. The number of hydrogen-bond donors (Lipinski definition) is 2. The predicted octanol–water partition coefficient (Wildman–Crippen LogP) is 2.77. The summed E-state index contributed by atoms with van der Waals surface area (Å²) >= 11 is 0. The molecule has 2 N–H and O–H groups in total. The molecule has 2 amide bonds. The lowest BCUT2D eigenvalue weighted by Gasteiger charge is -2.29. The van der Waals surface area contributed by atoms with Gasteiger partial charge in [-0.1, -0.05) is 19.8 Å². The van der Waals surface area contributed by atoms with Crippen molar-refractivity contribution in [1.29, 1.82) is 0 Å². The van der Waals surface area contributed by atoms with Gasteiger partial charge in [0.05, 0.1) is 0 Å². The number of amides is 2. The average Bonchev–Trinajstić information content (AvgIpc) is 2.44. The zero-order chi connectivity index (χ0) is 15.4. The molecular formula is C16H21FN2O2. The third-order valence-corrected chi connectivity index (χ3v) is 4.07. The average molecular weight is 292 g/mol. The Labute approximate surface area is 124 Å². The summed E-state index contributed by atoms with van der Waals surface area (Å²) in [7, 11) is 0. The fourth-order valence-electron chi connectivity index (χ4n) is 2.71. The number of halogens is 1. The molecule has 5 heteroatoms. The number of carbonyl (C=O) groups excluding carboxylic acids is 2. The van der Waals surface area contributed by atoms with Crippen LogP contribution in [0.25, 0.3) is 0 Å². The summed E-state index contributed by atoms with van der Waals surface area (Å²) in [6.45, 7) is 3.77. The molecule has 1 fully saturated rings. The van der Waals surface area contributed by atoms with Crippen LogP contribution < -0.4 is 10.6 Å². The van der Waals surface area contributed by atoms with E-state index in [1.807, 2.05) is 0 Å². The molecule has 1 aliphatic carbocycles. The Balaban J connectivity index is 1.94. The molecule has 0 bridgehead atoms. The van der Waals surface area contributed by atoms with E-state index >= 15 is 0 Å². The van der Waals surface area contributed by atoms with Gasteiger partial charge in [-0.15, -0.1) is 0 Å². The van der Waals surface area contributed by atoms with Crippen LogP contribution in [0.2, 0.25) is 0 Å². The van der Waals surface area contributed by atoms with Crippen molar-refractivity contribution < 1.29 is 14.0 Å². The van der Waals surface area contributed by atoms with E-state index in [0.717, 1.165) is 19.3 Å². The largest absolute Gasteiger partial charge is 0.345 e. The minimum atomic E-state index is -0.706. The van der Waals surface area contributed by atoms with Crippen LogP contribution in [-0.2, 0) is 9.59 Å². The van der Waals surface area contributed by atoms with Crippen molar-refractivity contribution in [3.05, 3.63) is 29.6 Å². The molecule has 1 saturated carbocycles. The standard InChI is InChI=1S/C16H21FN2O2/c1-10-5-3-4-6-13(10)18-15(20)16(21)19-14-8-7-12(17)9-11(14)2/h7-10,13H,3-6H2,1-2H3,(H,18,20)(H,19,21)/t10-,13+/m0/s1. The Morgan fingerprint density at radius 3 is 2.57 bits per heavy atom. The van der Waals surface area contributed by atoms with Gasteiger partial charge in [0.25, 0.3) is 0 Å². The molecule has 0 spiro atoms. The fraction of sp³-hybridized carbons (Fsp3) is 0.500. The fourth-order valence-corrected chi connectivity index (χ4v) is 2.71. The molecule has 1 aromatic carbocycles. The Morgan fingerprint density at radius 2 is 1.90 bits per heavy atom. The molecule has 0 heterocycles. The van der Waals surface area contributed by atoms with Crippen molar-refractivity contribution in [1.82, 2.24) is 5.32 Å². The smallest absolute Gasteiger partial charge is 0.313 e. The third kappa shape index (κ3) is 4.03. The van der Waals surface area contributed by atoms with Crippen molar-refractivity contribution >= 4 is 17.5 Å². The number of benzene rings is 1. The second-order valence-corrected chi connectivity index (χ2v) is 5.76. The van der Waals surface area contributed by atoms with E-state index < -0.39 is 11.8 Å². The van der Waals surface area contributed by atoms with Gasteiger partial charge in [0.15, 0.2) is 0 Å². The van der Waals surface area contributed by atoms with Crippen molar-refractivity contribution in [2.24, 2.45) is 5.92 Å². The minimum absolute atomic E-state index is 0.0614. The lowest BCUT2D eigenvalue weighted by Crippen LogP contribution is -2.45. The van der Waals surface area contributed by atoms with Gasteiger partial charge < -0.3 is 10.6 Å². The molecule has 0 radical (unpaired) electrons. The Hall–Kier alpha value is -1.91. The first-order valence-electron chi connectivity index (χ1n) is 7.35. The summed E-state index contributed by atoms with van der Waals surface area (Å²) in [5.41, 5.74) is 1.04. The number of aryl methyl sites for hydroxylation is 1. The first kappa shape index (κ1) is 15.5. The van der Waals surface area contributed by atoms with Crippen molar-refractivity contribution in [2.75, 3.05) is 5.32 Å². The maximum absolute atomic E-state index is 13.0. The van der Waals surface area contributed by atoms with Gasteiger partial charge in [0, 0.05) is 11.7 Å². The molecule has 0 aromatic heterocycles. The van der Waals surface area contributed by atoms with Crippen LogP contribution >= 0.6 is 0 Å². The SMILES string of the molecule is Cc1cc(F)ccc1NC(=O)C(=O)N[C@@H]1CCCC[C@@H]1C. The molecule has 1 aromatic rings. The highest BCUT2D eigenvalue weighted by molar-refractivity contribution is 6.39. The van der Waals surface area contributed by atoms with Gasteiger partial charge in [-0.2, -0.15) is 0 Å². The summed E-state index contributed by atoms with van der Waals surface area (Å²) in [5, 5.41) is 5.32. The first-order valence-corrected chi connectivity index (χ1v) is 7.35. The van der Waals surface area contributed by atoms with Gasteiger partial charge in [-0.25, -0.2) is 4.39 Å². The van der Waals surface area contributed by atoms with E-state index in [9.17, 15) is 14.0 Å². The second kappa shape index (κ2) is 6.70. The Morgan fingerprint density at radius 1 is 1.19 bits per heavy atom. The van der Waals surface area contributed by atoms with Crippen molar-refractivity contribution in [2.45, 2.75) is 45.6 Å². The van der Waals surface area contributed by atoms with E-state index in [1.54, 1.807) is 6.92 Å². The summed E-state index contributed by atoms with van der Waals surface area (Å²) in [6, 6.07) is 4.09. The Kier molecular flexibility index (Phi) is 4.94. The number of anilines is 1. The van der Waals surface area contributed by atoms with Crippen LogP contribution in [0.15, 0.2) is 18.2 Å². The number of carbonyl (C=O) groups is 2. The van der Waals surface area contributed by atoms with E-state index in [1.165, 1.54) is 24.6 Å². The normalized spacial score (nSPS) is 21.7. The molecule has 2 atom stereocenters. The summed E-state index contributed by atoms with van der Waals surface area (Å²) in [5.74, 6) is -1.31. The summed E-state index contributed by atoms with van der Waals surface area (Å²) in [4.78, 5) is 23.9. The highest BCUT2D eigenvalue weighted by Crippen LogP contribution is 2.23. The highest BCUT2D eigenvalue weighted by Gasteiger charge is 2.25. The number of hydrogen-bond acceptors (Lipinski definition) is 2. The molecule has 1 aliphatic rings. The number of nitrogens with one attached hydrogen (secondary N) is 2. The highest BCUT2D eigenvalue weighted by atomic mass is 19.1. The lowest BCUT2D eigenvalue weighted by atomic mass is 9.86. The van der Waals surface area contributed by atoms with Crippen molar-refractivity contribution in [3.8, 4) is 0 Å². The second-order valence-electron chi connectivity index (χ2n) is 5.76. The monoisotopic (exact) mass is 292 g/mol. The molecule has 4 nitrogen and oxygen atoms in total. The zero-order valence-corrected chi connectivity index (χ0v) is 12.4. The van der Waals surface area contributed by atoms with Gasteiger partial charge in [-0.05, 0) is 49.4 Å².